The Hall–Kier alpha value is -4.85. The molecule has 0 bridgehead atoms. The molecule has 0 aliphatic heterocycles. The molecule has 0 saturated carbocycles. The van der Waals surface area contributed by atoms with Gasteiger partial charge in [0, 0.05) is 48.4 Å². The number of allylic oxidation sites excluding steroid dienone is 4. The molecule has 4 aromatic rings. The summed E-state index contributed by atoms with van der Waals surface area (Å²) in [6, 6.07) is 19.4. The first-order valence-corrected chi connectivity index (χ1v) is 14.5. The number of carbonyl (C=O) groups is 2. The number of furan rings is 1. The molecule has 0 unspecified atom stereocenters. The predicted octanol–water partition coefficient (Wildman–Crippen LogP) is 8.25. The van der Waals surface area contributed by atoms with E-state index in [0.29, 0.717) is 35.3 Å². The molecule has 7 nitrogen and oxygen atoms in total. The van der Waals surface area contributed by atoms with Crippen molar-refractivity contribution in [2.75, 3.05) is 43.2 Å². The van der Waals surface area contributed by atoms with Crippen molar-refractivity contribution in [3.63, 3.8) is 0 Å². The Morgan fingerprint density at radius 3 is 2.35 bits per heavy atom. The van der Waals surface area contributed by atoms with Crippen molar-refractivity contribution in [2.45, 2.75) is 26.7 Å². The SMILES string of the molecule is CCOC(=O)c1c(-c2ccc(F)cc2)oc2cc(N(CCN(C)c3ccccc3)C(=O)OCC)c(C3=CCCC=C3)cc12. The van der Waals surface area contributed by atoms with Crippen LogP contribution in [-0.4, -0.2) is 45.4 Å². The molecule has 1 aromatic heterocycles. The molecule has 5 rings (SSSR count). The molecule has 1 heterocycles. The van der Waals surface area contributed by atoms with Gasteiger partial charge in [-0.1, -0.05) is 36.4 Å². The molecule has 8 heteroatoms. The van der Waals surface area contributed by atoms with E-state index in [2.05, 4.69) is 17.1 Å². The van der Waals surface area contributed by atoms with E-state index in [1.54, 1.807) is 36.9 Å². The zero-order chi connectivity index (χ0) is 30.3. The molecule has 1 aliphatic carbocycles. The van der Waals surface area contributed by atoms with Crippen molar-refractivity contribution >= 4 is 40.0 Å². The topological polar surface area (TPSA) is 72.2 Å². The summed E-state index contributed by atoms with van der Waals surface area (Å²) >= 11 is 0. The third-order valence-electron chi connectivity index (χ3n) is 7.33. The average Bonchev–Trinajstić information content (AvgIpc) is 3.40. The third kappa shape index (κ3) is 6.48. The summed E-state index contributed by atoms with van der Waals surface area (Å²) in [5.41, 5.74) is 4.49. The average molecular weight is 583 g/mol. The zero-order valence-electron chi connectivity index (χ0n) is 24.6. The number of likely N-dealkylation sites (N-methyl/N-ethyl adjacent to an activating group) is 1. The fraction of sp³-hybridized carbons (Fsp3) is 0.257. The minimum absolute atomic E-state index is 0.179. The summed E-state index contributed by atoms with van der Waals surface area (Å²) < 4.78 is 31.0. The first-order valence-electron chi connectivity index (χ1n) is 14.5. The summed E-state index contributed by atoms with van der Waals surface area (Å²) in [5.74, 6) is -0.668. The first kappa shape index (κ1) is 29.6. The van der Waals surface area contributed by atoms with Gasteiger partial charge in [0.15, 0.2) is 0 Å². The van der Waals surface area contributed by atoms with Gasteiger partial charge in [-0.25, -0.2) is 14.0 Å². The Balaban J connectivity index is 1.68. The minimum Gasteiger partial charge on any atom is -0.462 e. The van der Waals surface area contributed by atoms with E-state index < -0.39 is 17.9 Å². The standard InChI is InChI=1S/C35H35FN2O5/c1-4-41-34(39)32-29-22-28(24-12-8-6-9-13-24)30(23-31(29)43-33(32)25-16-18-26(36)19-17-25)38(35(40)42-5-2)21-20-37(3)27-14-10-7-11-15-27/h7-8,10-19,22-23H,4-6,9,20-21H2,1-3H3. The van der Waals surface area contributed by atoms with E-state index in [-0.39, 0.29) is 24.5 Å². The van der Waals surface area contributed by atoms with E-state index in [1.165, 1.54) is 12.1 Å². The summed E-state index contributed by atoms with van der Waals surface area (Å²) in [6.45, 7) is 4.77. The number of esters is 1. The number of rotatable bonds is 10. The van der Waals surface area contributed by atoms with Crippen LogP contribution in [0.3, 0.4) is 0 Å². The highest BCUT2D eigenvalue weighted by molar-refractivity contribution is 6.11. The van der Waals surface area contributed by atoms with Gasteiger partial charge in [-0.15, -0.1) is 0 Å². The molecule has 0 fully saturated rings. The van der Waals surface area contributed by atoms with E-state index in [4.69, 9.17) is 13.9 Å². The van der Waals surface area contributed by atoms with Gasteiger partial charge in [-0.2, -0.15) is 0 Å². The van der Waals surface area contributed by atoms with Gasteiger partial charge in [0.25, 0.3) is 0 Å². The lowest BCUT2D eigenvalue weighted by molar-refractivity contribution is 0.0528. The molecule has 1 aliphatic rings. The van der Waals surface area contributed by atoms with Crippen molar-refractivity contribution in [3.05, 3.63) is 102 Å². The zero-order valence-corrected chi connectivity index (χ0v) is 24.6. The highest BCUT2D eigenvalue weighted by Crippen LogP contribution is 2.41. The largest absolute Gasteiger partial charge is 0.462 e. The lowest BCUT2D eigenvalue weighted by atomic mass is 9.95. The molecule has 0 radical (unpaired) electrons. The maximum absolute atomic E-state index is 13.8. The highest BCUT2D eigenvalue weighted by atomic mass is 19.1. The molecule has 3 aromatic carbocycles. The van der Waals surface area contributed by atoms with Crippen LogP contribution in [0.1, 0.15) is 42.6 Å². The van der Waals surface area contributed by atoms with Gasteiger partial charge in [0.05, 0.1) is 18.9 Å². The van der Waals surface area contributed by atoms with Gasteiger partial charge in [0.2, 0.25) is 0 Å². The summed E-state index contributed by atoms with van der Waals surface area (Å²) in [7, 11) is 1.97. The molecule has 43 heavy (non-hydrogen) atoms. The number of halogens is 1. The lowest BCUT2D eigenvalue weighted by Gasteiger charge is -2.28. The lowest BCUT2D eigenvalue weighted by Crippen LogP contribution is -2.38. The Morgan fingerprint density at radius 1 is 0.930 bits per heavy atom. The van der Waals surface area contributed by atoms with Crippen LogP contribution in [-0.2, 0) is 9.47 Å². The fourth-order valence-electron chi connectivity index (χ4n) is 5.18. The maximum atomic E-state index is 13.8. The van der Waals surface area contributed by atoms with Gasteiger partial charge in [0.1, 0.15) is 22.7 Å². The van der Waals surface area contributed by atoms with E-state index in [9.17, 15) is 14.0 Å². The predicted molar refractivity (Wildman–Crippen MR) is 168 cm³/mol. The maximum Gasteiger partial charge on any atom is 0.414 e. The number of ether oxygens (including phenoxy) is 2. The van der Waals surface area contributed by atoms with Crippen LogP contribution in [0.5, 0.6) is 0 Å². The fourth-order valence-corrected chi connectivity index (χ4v) is 5.18. The second-order valence-corrected chi connectivity index (χ2v) is 10.1. The number of para-hydroxylation sites is 1. The van der Waals surface area contributed by atoms with Crippen molar-refractivity contribution < 1.29 is 27.9 Å². The Bertz CT molecular complexity index is 1660. The Morgan fingerprint density at radius 2 is 1.67 bits per heavy atom. The van der Waals surface area contributed by atoms with Crippen LogP contribution in [0.25, 0.3) is 27.9 Å². The first-order chi connectivity index (χ1) is 20.9. The molecular weight excluding hydrogens is 547 g/mol. The van der Waals surface area contributed by atoms with Gasteiger partial charge < -0.3 is 18.8 Å². The molecule has 0 spiro atoms. The second kappa shape index (κ2) is 13.4. The monoisotopic (exact) mass is 582 g/mol. The van der Waals surface area contributed by atoms with Crippen LogP contribution < -0.4 is 9.80 Å². The number of hydrogen-bond donors (Lipinski definition) is 0. The van der Waals surface area contributed by atoms with Crippen molar-refractivity contribution in [1.82, 2.24) is 0 Å². The van der Waals surface area contributed by atoms with E-state index in [1.807, 2.05) is 49.5 Å². The van der Waals surface area contributed by atoms with Crippen molar-refractivity contribution in [1.29, 1.82) is 0 Å². The van der Waals surface area contributed by atoms with Gasteiger partial charge >= 0.3 is 12.1 Å². The van der Waals surface area contributed by atoms with Crippen LogP contribution >= 0.6 is 0 Å². The molecular formula is C35H35FN2O5. The number of fused-ring (bicyclic) bond motifs is 1. The number of nitrogens with zero attached hydrogens (tertiary/aromatic N) is 2. The number of carbonyl (C=O) groups excluding carboxylic acids is 2. The highest BCUT2D eigenvalue weighted by Gasteiger charge is 2.28. The van der Waals surface area contributed by atoms with Crippen molar-refractivity contribution in [2.24, 2.45) is 0 Å². The van der Waals surface area contributed by atoms with E-state index >= 15 is 0 Å². The number of anilines is 2. The molecule has 1 amide bonds. The summed E-state index contributed by atoms with van der Waals surface area (Å²) in [4.78, 5) is 30.5. The smallest absolute Gasteiger partial charge is 0.414 e. The van der Waals surface area contributed by atoms with Gasteiger partial charge in [-0.3, -0.25) is 4.90 Å². The number of amides is 1. The van der Waals surface area contributed by atoms with Gasteiger partial charge in [-0.05, 0) is 74.7 Å². The van der Waals surface area contributed by atoms with E-state index in [0.717, 1.165) is 29.7 Å². The summed E-state index contributed by atoms with van der Waals surface area (Å²) in [5, 5.41) is 0.543. The van der Waals surface area contributed by atoms with Crippen molar-refractivity contribution in [3.8, 4) is 11.3 Å². The third-order valence-corrected chi connectivity index (χ3v) is 7.33. The van der Waals surface area contributed by atoms with Crippen LogP contribution in [0.2, 0.25) is 0 Å². The minimum atomic E-state index is -0.542. The Labute approximate surface area is 250 Å². The summed E-state index contributed by atoms with van der Waals surface area (Å²) in [6.07, 6.45) is 7.51. The van der Waals surface area contributed by atoms with Crippen LogP contribution in [0.4, 0.5) is 20.6 Å². The number of hydrogen-bond acceptors (Lipinski definition) is 6. The number of benzene rings is 3. The molecule has 0 N–H and O–H groups in total. The quantitative estimate of drug-likeness (QED) is 0.175. The second-order valence-electron chi connectivity index (χ2n) is 10.1. The Kier molecular flexibility index (Phi) is 9.25. The molecule has 0 atom stereocenters. The normalized spacial score (nSPS) is 12.6. The molecule has 222 valence electrons. The van der Waals surface area contributed by atoms with Crippen LogP contribution in [0.15, 0.2) is 89.4 Å². The molecule has 0 saturated heterocycles. The van der Waals surface area contributed by atoms with Crippen LogP contribution in [0, 0.1) is 5.82 Å².